The molecule has 12 rings (SSSR count). The highest BCUT2D eigenvalue weighted by Crippen LogP contribution is 2.44. The number of hydrogen-bond donors (Lipinski definition) is 0. The van der Waals surface area contributed by atoms with Gasteiger partial charge in [-0.2, -0.15) is 0 Å². The molecule has 0 amide bonds. The average Bonchev–Trinajstić information content (AvgIpc) is 3.64. The SMILES string of the molecule is c1cc2c3c(c1)-n1c4c(cccc4c4c5ccccc5c5ccccc5c41)B3c1cccc3c4ccc5ccccc5c4n-2c13. The van der Waals surface area contributed by atoms with Crippen LogP contribution in [-0.4, -0.2) is 15.8 Å². The van der Waals surface area contributed by atoms with Crippen LogP contribution in [0.15, 0.2) is 140 Å². The molecule has 0 aliphatic carbocycles. The zero-order chi connectivity index (χ0) is 29.0. The maximum atomic E-state index is 2.61. The van der Waals surface area contributed by atoms with E-state index in [0.29, 0.717) is 0 Å². The zero-order valence-corrected chi connectivity index (χ0v) is 24.3. The minimum absolute atomic E-state index is 0.154. The molecule has 0 saturated heterocycles. The van der Waals surface area contributed by atoms with E-state index in [1.165, 1.54) is 104 Å². The maximum absolute atomic E-state index is 2.61. The van der Waals surface area contributed by atoms with Crippen LogP contribution in [0.25, 0.3) is 87.3 Å². The Bertz CT molecular complexity index is 2990. The van der Waals surface area contributed by atoms with E-state index in [4.69, 9.17) is 0 Å². The van der Waals surface area contributed by atoms with E-state index in [1.54, 1.807) is 0 Å². The highest BCUT2D eigenvalue weighted by molar-refractivity contribution is 7.00. The second-order valence-corrected chi connectivity index (χ2v) is 12.8. The Morgan fingerprint density at radius 1 is 0.333 bits per heavy atom. The summed E-state index contributed by atoms with van der Waals surface area (Å²) in [7, 11) is 0. The summed E-state index contributed by atoms with van der Waals surface area (Å²) in [5.74, 6) is 0. The summed E-state index contributed by atoms with van der Waals surface area (Å²) < 4.78 is 5.20. The minimum Gasteiger partial charge on any atom is -0.310 e. The largest absolute Gasteiger partial charge is 0.310 e. The van der Waals surface area contributed by atoms with Gasteiger partial charge in [-0.3, -0.25) is 0 Å². The molecule has 2 aliphatic rings. The molecule has 0 spiro atoms. The molecule has 10 aromatic rings. The van der Waals surface area contributed by atoms with E-state index in [0.717, 1.165) is 0 Å². The fraction of sp³-hybridized carbons (Fsp3) is 0. The lowest BCUT2D eigenvalue weighted by Crippen LogP contribution is -2.59. The van der Waals surface area contributed by atoms with Gasteiger partial charge in [-0.1, -0.05) is 127 Å². The lowest BCUT2D eigenvalue weighted by molar-refractivity contribution is 1.15. The Kier molecular flexibility index (Phi) is 3.85. The minimum atomic E-state index is 0.154. The first-order valence-corrected chi connectivity index (χ1v) is 15.8. The van der Waals surface area contributed by atoms with Crippen molar-refractivity contribution in [3.05, 3.63) is 140 Å². The second kappa shape index (κ2) is 7.64. The first kappa shape index (κ1) is 22.7. The molecule has 3 heteroatoms. The lowest BCUT2D eigenvalue weighted by atomic mass is 9.34. The van der Waals surface area contributed by atoms with Crippen molar-refractivity contribution in [2.45, 2.75) is 0 Å². The topological polar surface area (TPSA) is 9.86 Å². The smallest absolute Gasteiger partial charge is 0.252 e. The van der Waals surface area contributed by atoms with Crippen molar-refractivity contribution in [1.82, 2.24) is 9.13 Å². The summed E-state index contributed by atoms with van der Waals surface area (Å²) in [6, 6.07) is 52.4. The molecule has 45 heavy (non-hydrogen) atoms. The van der Waals surface area contributed by atoms with E-state index in [9.17, 15) is 0 Å². The number of fused-ring (bicyclic) bond motifs is 17. The predicted molar refractivity (Wildman–Crippen MR) is 192 cm³/mol. The molecule has 0 saturated carbocycles. The highest BCUT2D eigenvalue weighted by atomic mass is 15.0. The summed E-state index contributed by atoms with van der Waals surface area (Å²) in [4.78, 5) is 0. The van der Waals surface area contributed by atoms with E-state index >= 15 is 0 Å². The van der Waals surface area contributed by atoms with E-state index in [2.05, 4.69) is 149 Å². The van der Waals surface area contributed by atoms with Crippen LogP contribution < -0.4 is 16.4 Å². The second-order valence-electron chi connectivity index (χ2n) is 12.8. The van der Waals surface area contributed by atoms with Crippen LogP contribution in [-0.2, 0) is 0 Å². The monoisotopic (exact) mass is 566 g/mol. The van der Waals surface area contributed by atoms with Crippen molar-refractivity contribution in [1.29, 1.82) is 0 Å². The standard InChI is InChI=1S/C42H23BN2/c1-2-11-25-24(10-1)22-23-31-30-16-7-18-33-40(30)44(39(25)31)35-20-9-21-36-38(35)43(33)34-19-8-17-32-37-28-14-5-3-12-26(28)27-13-4-6-15-29(27)42(37)45(36)41(32)34/h1-23H. The Morgan fingerprint density at radius 3 is 1.62 bits per heavy atom. The van der Waals surface area contributed by atoms with Gasteiger partial charge in [-0.05, 0) is 50.1 Å². The number of hydrogen-bond acceptors (Lipinski definition) is 0. The van der Waals surface area contributed by atoms with Crippen molar-refractivity contribution in [2.75, 3.05) is 0 Å². The Hall–Kier alpha value is -5.80. The molecule has 0 atom stereocenters. The van der Waals surface area contributed by atoms with Gasteiger partial charge in [0.25, 0.3) is 6.71 Å². The lowest BCUT2D eigenvalue weighted by Gasteiger charge is -2.33. The third-order valence-corrected chi connectivity index (χ3v) is 10.8. The molecule has 2 nitrogen and oxygen atoms in total. The molecular weight excluding hydrogens is 543 g/mol. The molecule has 0 fully saturated rings. The summed E-state index contributed by atoms with van der Waals surface area (Å²) in [5, 5.41) is 13.2. The molecule has 0 N–H and O–H groups in total. The molecular formula is C42H23BN2. The van der Waals surface area contributed by atoms with Gasteiger partial charge in [0.15, 0.2) is 0 Å². The fourth-order valence-electron chi connectivity index (χ4n) is 9.26. The van der Waals surface area contributed by atoms with Crippen LogP contribution in [0.3, 0.4) is 0 Å². The molecule has 0 unspecified atom stereocenters. The average molecular weight is 566 g/mol. The fourth-order valence-corrected chi connectivity index (χ4v) is 9.26. The van der Waals surface area contributed by atoms with Crippen LogP contribution in [0, 0.1) is 0 Å². The van der Waals surface area contributed by atoms with Crippen LogP contribution in [0.1, 0.15) is 0 Å². The predicted octanol–water partition coefficient (Wildman–Crippen LogP) is 8.48. The Morgan fingerprint density at radius 2 is 0.844 bits per heavy atom. The number of aromatic nitrogens is 2. The highest BCUT2D eigenvalue weighted by Gasteiger charge is 2.40. The normalized spacial score (nSPS) is 13.3. The van der Waals surface area contributed by atoms with Gasteiger partial charge in [0.05, 0.1) is 11.0 Å². The third kappa shape index (κ3) is 2.48. The van der Waals surface area contributed by atoms with Gasteiger partial charge < -0.3 is 9.13 Å². The van der Waals surface area contributed by atoms with Gasteiger partial charge in [-0.15, -0.1) is 0 Å². The number of nitrogens with zero attached hydrogens (tertiary/aromatic N) is 2. The Balaban J connectivity index is 1.36. The van der Waals surface area contributed by atoms with Crippen molar-refractivity contribution >= 4 is 99.0 Å². The molecule has 0 radical (unpaired) electrons. The maximum Gasteiger partial charge on any atom is 0.252 e. The van der Waals surface area contributed by atoms with Crippen LogP contribution in [0.2, 0.25) is 0 Å². The molecule has 8 aromatic carbocycles. The first-order chi connectivity index (χ1) is 22.4. The van der Waals surface area contributed by atoms with Crippen molar-refractivity contribution in [3.63, 3.8) is 0 Å². The van der Waals surface area contributed by atoms with Crippen LogP contribution in [0.5, 0.6) is 0 Å². The van der Waals surface area contributed by atoms with Gasteiger partial charge in [-0.25, -0.2) is 0 Å². The third-order valence-electron chi connectivity index (χ3n) is 10.8. The molecule has 204 valence electrons. The van der Waals surface area contributed by atoms with Gasteiger partial charge >= 0.3 is 0 Å². The quantitative estimate of drug-likeness (QED) is 0.129. The van der Waals surface area contributed by atoms with Gasteiger partial charge in [0.1, 0.15) is 0 Å². The van der Waals surface area contributed by atoms with E-state index in [-0.39, 0.29) is 6.71 Å². The molecule has 2 aromatic heterocycles. The van der Waals surface area contributed by atoms with Crippen LogP contribution in [0.4, 0.5) is 0 Å². The molecule has 0 bridgehead atoms. The van der Waals surface area contributed by atoms with E-state index < -0.39 is 0 Å². The molecule has 2 aliphatic heterocycles. The zero-order valence-electron chi connectivity index (χ0n) is 24.3. The van der Waals surface area contributed by atoms with Crippen LogP contribution >= 0.6 is 0 Å². The number of para-hydroxylation sites is 2. The number of rotatable bonds is 0. The summed E-state index contributed by atoms with van der Waals surface area (Å²) in [5.41, 5.74) is 12.1. The van der Waals surface area contributed by atoms with Gasteiger partial charge in [0, 0.05) is 54.7 Å². The van der Waals surface area contributed by atoms with Crippen molar-refractivity contribution in [3.8, 4) is 11.4 Å². The number of benzene rings is 8. The van der Waals surface area contributed by atoms with E-state index in [1.807, 2.05) is 0 Å². The first-order valence-electron chi connectivity index (χ1n) is 15.8. The van der Waals surface area contributed by atoms with Gasteiger partial charge in [0.2, 0.25) is 0 Å². The summed E-state index contributed by atoms with van der Waals surface area (Å²) in [6.45, 7) is 0.154. The summed E-state index contributed by atoms with van der Waals surface area (Å²) >= 11 is 0. The van der Waals surface area contributed by atoms with Crippen molar-refractivity contribution in [2.24, 2.45) is 0 Å². The summed E-state index contributed by atoms with van der Waals surface area (Å²) in [6.07, 6.45) is 0. The van der Waals surface area contributed by atoms with Crippen molar-refractivity contribution < 1.29 is 0 Å². The Labute approximate surface area is 258 Å². The molecule has 4 heterocycles.